The highest BCUT2D eigenvalue weighted by Gasteiger charge is 2.29. The predicted octanol–water partition coefficient (Wildman–Crippen LogP) is -1.44. The molecule has 0 bridgehead atoms. The number of carbonyl (C=O) groups is 3. The molecular formula is C8H12O5. The van der Waals surface area contributed by atoms with E-state index in [4.69, 9.17) is 10.2 Å². The first-order valence-corrected chi connectivity index (χ1v) is 3.80. The van der Waals surface area contributed by atoms with Gasteiger partial charge in [-0.05, 0) is 0 Å². The van der Waals surface area contributed by atoms with Gasteiger partial charge in [0, 0.05) is 6.92 Å². The van der Waals surface area contributed by atoms with Gasteiger partial charge in [0.05, 0.1) is 25.0 Å². The SMILES string of the molecule is CC(=O)C(=O)C(CO)C(C=O)CO. The topological polar surface area (TPSA) is 91.7 Å². The summed E-state index contributed by atoms with van der Waals surface area (Å²) in [5.41, 5.74) is 0. The second kappa shape index (κ2) is 5.55. The van der Waals surface area contributed by atoms with Crippen LogP contribution in [0.4, 0.5) is 0 Å². The van der Waals surface area contributed by atoms with E-state index in [-0.39, 0.29) is 0 Å². The van der Waals surface area contributed by atoms with Gasteiger partial charge >= 0.3 is 0 Å². The minimum atomic E-state index is -1.11. The third-order valence-corrected chi connectivity index (χ3v) is 1.78. The minimum absolute atomic E-state index is 0.363. The van der Waals surface area contributed by atoms with Crippen molar-refractivity contribution in [1.29, 1.82) is 0 Å². The maximum absolute atomic E-state index is 11.1. The number of rotatable bonds is 6. The lowest BCUT2D eigenvalue weighted by Gasteiger charge is -2.15. The van der Waals surface area contributed by atoms with Gasteiger partial charge in [0.25, 0.3) is 0 Å². The number of hydrogen-bond donors (Lipinski definition) is 2. The average Bonchev–Trinajstić information content (AvgIpc) is 2.12. The number of aliphatic hydroxyl groups excluding tert-OH is 2. The third-order valence-electron chi connectivity index (χ3n) is 1.78. The van der Waals surface area contributed by atoms with Gasteiger partial charge in [-0.1, -0.05) is 0 Å². The molecule has 2 N–H and O–H groups in total. The Kier molecular flexibility index (Phi) is 5.10. The zero-order chi connectivity index (χ0) is 10.4. The second-order valence-electron chi connectivity index (χ2n) is 2.69. The summed E-state index contributed by atoms with van der Waals surface area (Å²) in [5.74, 6) is -3.66. The fourth-order valence-corrected chi connectivity index (χ4v) is 0.939. The van der Waals surface area contributed by atoms with Gasteiger partial charge in [-0.15, -0.1) is 0 Å². The molecule has 2 atom stereocenters. The van der Waals surface area contributed by atoms with E-state index in [0.29, 0.717) is 6.29 Å². The van der Waals surface area contributed by atoms with Gasteiger partial charge in [-0.25, -0.2) is 0 Å². The van der Waals surface area contributed by atoms with E-state index in [0.717, 1.165) is 6.92 Å². The molecule has 0 spiro atoms. The summed E-state index contributed by atoms with van der Waals surface area (Å²) in [6, 6.07) is 0. The predicted molar refractivity (Wildman–Crippen MR) is 42.9 cm³/mol. The van der Waals surface area contributed by atoms with Crippen molar-refractivity contribution < 1.29 is 24.6 Å². The number of ketones is 2. The van der Waals surface area contributed by atoms with Crippen molar-refractivity contribution >= 4 is 17.9 Å². The molecule has 0 saturated carbocycles. The van der Waals surface area contributed by atoms with Crippen LogP contribution in [0.25, 0.3) is 0 Å². The van der Waals surface area contributed by atoms with Gasteiger partial charge in [0.15, 0.2) is 5.78 Å². The third kappa shape index (κ3) is 3.04. The van der Waals surface area contributed by atoms with Crippen molar-refractivity contribution in [3.05, 3.63) is 0 Å². The largest absolute Gasteiger partial charge is 0.396 e. The van der Waals surface area contributed by atoms with E-state index in [9.17, 15) is 14.4 Å². The zero-order valence-electron chi connectivity index (χ0n) is 7.27. The highest BCUT2D eigenvalue weighted by Crippen LogP contribution is 2.10. The highest BCUT2D eigenvalue weighted by molar-refractivity contribution is 6.37. The first-order chi connectivity index (χ1) is 6.08. The maximum Gasteiger partial charge on any atom is 0.204 e. The minimum Gasteiger partial charge on any atom is -0.396 e. The molecule has 0 rings (SSSR count). The molecule has 0 saturated heterocycles. The summed E-state index contributed by atoms with van der Waals surface area (Å²) in [7, 11) is 0. The molecule has 13 heavy (non-hydrogen) atoms. The Morgan fingerprint density at radius 1 is 1.31 bits per heavy atom. The van der Waals surface area contributed by atoms with E-state index >= 15 is 0 Å². The molecule has 0 aliphatic carbocycles. The summed E-state index contributed by atoms with van der Waals surface area (Å²) in [6.45, 7) is -0.0969. The lowest BCUT2D eigenvalue weighted by molar-refractivity contribution is -0.141. The summed E-state index contributed by atoms with van der Waals surface area (Å²) in [5, 5.41) is 17.4. The van der Waals surface area contributed by atoms with E-state index in [1.165, 1.54) is 0 Å². The Morgan fingerprint density at radius 2 is 1.85 bits per heavy atom. The molecule has 5 nitrogen and oxygen atoms in total. The fourth-order valence-electron chi connectivity index (χ4n) is 0.939. The van der Waals surface area contributed by atoms with Crippen LogP contribution in [0.5, 0.6) is 0 Å². The van der Waals surface area contributed by atoms with Gasteiger partial charge in [-0.2, -0.15) is 0 Å². The lowest BCUT2D eigenvalue weighted by Crippen LogP contribution is -2.34. The summed E-state index contributed by atoms with van der Waals surface area (Å²) in [6.07, 6.45) is 0.363. The molecular weight excluding hydrogens is 176 g/mol. The average molecular weight is 188 g/mol. The van der Waals surface area contributed by atoms with Crippen LogP contribution in [0, 0.1) is 11.8 Å². The molecule has 0 aromatic carbocycles. The van der Waals surface area contributed by atoms with Crippen LogP contribution in [-0.2, 0) is 14.4 Å². The van der Waals surface area contributed by atoms with Gasteiger partial charge < -0.3 is 15.0 Å². The highest BCUT2D eigenvalue weighted by atomic mass is 16.3. The number of aliphatic hydroxyl groups is 2. The molecule has 0 aliphatic rings. The van der Waals surface area contributed by atoms with Crippen LogP contribution in [0.2, 0.25) is 0 Å². The van der Waals surface area contributed by atoms with E-state index in [1.54, 1.807) is 0 Å². The molecule has 0 fully saturated rings. The Hall–Kier alpha value is -1.07. The van der Waals surface area contributed by atoms with Crippen molar-refractivity contribution in [2.75, 3.05) is 13.2 Å². The molecule has 0 amide bonds. The first kappa shape index (κ1) is 11.9. The van der Waals surface area contributed by atoms with Gasteiger partial charge in [0.2, 0.25) is 5.78 Å². The Balaban J connectivity index is 4.57. The smallest absolute Gasteiger partial charge is 0.204 e. The molecule has 0 radical (unpaired) electrons. The molecule has 5 heteroatoms. The van der Waals surface area contributed by atoms with E-state index in [1.807, 2.05) is 0 Å². The molecule has 74 valence electrons. The van der Waals surface area contributed by atoms with Crippen molar-refractivity contribution in [3.8, 4) is 0 Å². The first-order valence-electron chi connectivity index (χ1n) is 3.80. The lowest BCUT2D eigenvalue weighted by atomic mass is 9.89. The summed E-state index contributed by atoms with van der Waals surface area (Å²) >= 11 is 0. The molecule has 0 aromatic heterocycles. The maximum atomic E-state index is 11.1. The molecule has 2 unspecified atom stereocenters. The molecule has 0 heterocycles. The number of aldehydes is 1. The molecule has 0 aromatic rings. The quantitative estimate of drug-likeness (QED) is 0.393. The fraction of sp³-hybridized carbons (Fsp3) is 0.625. The number of hydrogen-bond acceptors (Lipinski definition) is 5. The van der Waals surface area contributed by atoms with E-state index < -0.39 is 36.6 Å². The van der Waals surface area contributed by atoms with Crippen LogP contribution in [0.3, 0.4) is 0 Å². The van der Waals surface area contributed by atoms with Gasteiger partial charge in [0.1, 0.15) is 6.29 Å². The monoisotopic (exact) mass is 188 g/mol. The normalized spacial score (nSPS) is 14.7. The van der Waals surface area contributed by atoms with Crippen molar-refractivity contribution in [1.82, 2.24) is 0 Å². The van der Waals surface area contributed by atoms with Crippen molar-refractivity contribution in [2.45, 2.75) is 6.92 Å². The summed E-state index contributed by atoms with van der Waals surface area (Å²) < 4.78 is 0. The van der Waals surface area contributed by atoms with Crippen LogP contribution in [0.15, 0.2) is 0 Å². The summed E-state index contributed by atoms with van der Waals surface area (Å²) in [4.78, 5) is 32.0. The van der Waals surface area contributed by atoms with Crippen LogP contribution in [-0.4, -0.2) is 41.3 Å². The molecule has 0 aliphatic heterocycles. The van der Waals surface area contributed by atoms with Crippen molar-refractivity contribution in [3.63, 3.8) is 0 Å². The second-order valence-corrected chi connectivity index (χ2v) is 2.69. The Morgan fingerprint density at radius 3 is 2.08 bits per heavy atom. The number of carbonyl (C=O) groups excluding carboxylic acids is 3. The Labute approximate surface area is 75.4 Å². The van der Waals surface area contributed by atoms with Crippen LogP contribution < -0.4 is 0 Å². The van der Waals surface area contributed by atoms with Crippen molar-refractivity contribution in [2.24, 2.45) is 11.8 Å². The standard InChI is InChI=1S/C8H12O5/c1-5(12)8(13)7(4-11)6(2-9)3-10/h2,6-7,10-11H,3-4H2,1H3. The number of Topliss-reactive ketones (excluding diaryl/α,β-unsaturated/α-hetero) is 2. The zero-order valence-corrected chi connectivity index (χ0v) is 7.27. The Bertz CT molecular complexity index is 211. The van der Waals surface area contributed by atoms with Gasteiger partial charge in [-0.3, -0.25) is 9.59 Å². The van der Waals surface area contributed by atoms with Crippen LogP contribution in [0.1, 0.15) is 6.92 Å². The van der Waals surface area contributed by atoms with Crippen LogP contribution >= 0.6 is 0 Å². The van der Waals surface area contributed by atoms with E-state index in [2.05, 4.69) is 0 Å².